The molecule has 0 aliphatic heterocycles. The molecule has 0 aliphatic rings. The Hall–Kier alpha value is -2.09. The number of pyridine rings is 1. The van der Waals surface area contributed by atoms with Gasteiger partial charge < -0.3 is 5.73 Å². The zero-order valence-corrected chi connectivity index (χ0v) is 9.07. The second-order valence-corrected chi connectivity index (χ2v) is 4.01. The van der Waals surface area contributed by atoms with E-state index in [1.165, 1.54) is 0 Å². The first-order valence-electron chi connectivity index (χ1n) is 5.31. The number of hydrogen-bond donors (Lipinski definition) is 1. The van der Waals surface area contributed by atoms with Gasteiger partial charge in [0.1, 0.15) is 0 Å². The molecule has 78 valence electrons. The molecule has 0 bridgehead atoms. The fourth-order valence-electron chi connectivity index (χ4n) is 2.09. The minimum atomic E-state index is 0.823. The highest BCUT2D eigenvalue weighted by molar-refractivity contribution is 6.06. The van der Waals surface area contributed by atoms with Crippen LogP contribution in [0.1, 0.15) is 5.56 Å². The number of hydrogen-bond acceptors (Lipinski definition) is 2. The first-order valence-corrected chi connectivity index (χ1v) is 5.31. The maximum atomic E-state index is 6.18. The third-order valence-corrected chi connectivity index (χ3v) is 2.95. The SMILES string of the molecule is Cc1cccc2c(N)c3ccccc3nc12. The van der Waals surface area contributed by atoms with Crippen molar-refractivity contribution in [3.63, 3.8) is 0 Å². The Balaban J connectivity index is 2.61. The summed E-state index contributed by atoms with van der Waals surface area (Å²) in [5, 5.41) is 2.07. The highest BCUT2D eigenvalue weighted by atomic mass is 14.7. The molecule has 0 fully saturated rings. The monoisotopic (exact) mass is 208 g/mol. The second kappa shape index (κ2) is 3.20. The summed E-state index contributed by atoms with van der Waals surface area (Å²) in [7, 11) is 0. The van der Waals surface area contributed by atoms with Crippen molar-refractivity contribution in [2.75, 3.05) is 5.73 Å². The number of nitrogens with two attached hydrogens (primary N) is 1. The van der Waals surface area contributed by atoms with Gasteiger partial charge in [-0.25, -0.2) is 4.98 Å². The van der Waals surface area contributed by atoms with Crippen LogP contribution in [0.15, 0.2) is 42.5 Å². The number of fused-ring (bicyclic) bond motifs is 2. The number of aromatic nitrogens is 1. The van der Waals surface area contributed by atoms with Crippen molar-refractivity contribution < 1.29 is 0 Å². The van der Waals surface area contributed by atoms with Crippen molar-refractivity contribution in [2.24, 2.45) is 0 Å². The standard InChI is InChI=1S/C14H12N2/c1-9-5-4-7-11-13(15)10-6-2-3-8-12(10)16-14(9)11/h2-8H,1H3,(H2,15,16). The lowest BCUT2D eigenvalue weighted by atomic mass is 10.1. The molecule has 2 N–H and O–H groups in total. The fourth-order valence-corrected chi connectivity index (χ4v) is 2.09. The van der Waals surface area contributed by atoms with Gasteiger partial charge >= 0.3 is 0 Å². The lowest BCUT2D eigenvalue weighted by Crippen LogP contribution is -1.93. The van der Waals surface area contributed by atoms with Crippen molar-refractivity contribution in [1.82, 2.24) is 4.98 Å². The molecular formula is C14H12N2. The molecule has 0 unspecified atom stereocenters. The van der Waals surface area contributed by atoms with E-state index >= 15 is 0 Å². The van der Waals surface area contributed by atoms with Crippen molar-refractivity contribution in [3.05, 3.63) is 48.0 Å². The van der Waals surface area contributed by atoms with Crippen LogP contribution < -0.4 is 5.73 Å². The third-order valence-electron chi connectivity index (χ3n) is 2.95. The van der Waals surface area contributed by atoms with Crippen LogP contribution in [0.5, 0.6) is 0 Å². The molecule has 0 amide bonds. The Bertz CT molecular complexity index is 687. The van der Waals surface area contributed by atoms with Gasteiger partial charge in [-0.2, -0.15) is 0 Å². The first kappa shape index (κ1) is 9.16. The summed E-state index contributed by atoms with van der Waals surface area (Å²) in [5.74, 6) is 0. The van der Waals surface area contributed by atoms with E-state index in [4.69, 9.17) is 5.73 Å². The minimum absolute atomic E-state index is 0.823. The first-order chi connectivity index (χ1) is 7.77. The van der Waals surface area contributed by atoms with Gasteiger partial charge in [0.25, 0.3) is 0 Å². The molecule has 2 heteroatoms. The van der Waals surface area contributed by atoms with Crippen LogP contribution in [0.4, 0.5) is 5.69 Å². The van der Waals surface area contributed by atoms with E-state index in [0.717, 1.165) is 33.1 Å². The molecule has 0 atom stereocenters. The molecule has 0 aliphatic carbocycles. The molecule has 0 saturated carbocycles. The smallest absolute Gasteiger partial charge is 0.0759 e. The van der Waals surface area contributed by atoms with Crippen LogP contribution in [0.25, 0.3) is 21.8 Å². The van der Waals surface area contributed by atoms with Crippen LogP contribution in [0.3, 0.4) is 0 Å². The quantitative estimate of drug-likeness (QED) is 0.576. The number of nitrogens with zero attached hydrogens (tertiary/aromatic N) is 1. The van der Waals surface area contributed by atoms with Crippen LogP contribution in [0.2, 0.25) is 0 Å². The number of rotatable bonds is 0. The van der Waals surface area contributed by atoms with E-state index < -0.39 is 0 Å². The molecule has 0 spiro atoms. The molecule has 3 rings (SSSR count). The van der Waals surface area contributed by atoms with Gasteiger partial charge in [-0.15, -0.1) is 0 Å². The maximum Gasteiger partial charge on any atom is 0.0759 e. The molecule has 2 nitrogen and oxygen atoms in total. The number of benzene rings is 2. The van der Waals surface area contributed by atoms with Crippen molar-refractivity contribution >= 4 is 27.5 Å². The van der Waals surface area contributed by atoms with Crippen molar-refractivity contribution in [1.29, 1.82) is 0 Å². The van der Waals surface area contributed by atoms with E-state index in [9.17, 15) is 0 Å². The number of aryl methyl sites for hydroxylation is 1. The Morgan fingerprint density at radius 3 is 2.56 bits per heavy atom. The molecule has 0 saturated heterocycles. The predicted octanol–water partition coefficient (Wildman–Crippen LogP) is 3.28. The third kappa shape index (κ3) is 1.16. The summed E-state index contributed by atoms with van der Waals surface area (Å²) >= 11 is 0. The van der Waals surface area contributed by atoms with Gasteiger partial charge in [0.15, 0.2) is 0 Å². The molecular weight excluding hydrogens is 196 g/mol. The lowest BCUT2D eigenvalue weighted by molar-refractivity contribution is 1.42. The average molecular weight is 208 g/mol. The number of para-hydroxylation sites is 2. The predicted molar refractivity (Wildman–Crippen MR) is 68.4 cm³/mol. The van der Waals surface area contributed by atoms with E-state index in [1.807, 2.05) is 36.4 Å². The zero-order valence-electron chi connectivity index (χ0n) is 9.07. The van der Waals surface area contributed by atoms with E-state index in [1.54, 1.807) is 0 Å². The highest BCUT2D eigenvalue weighted by Gasteiger charge is 2.06. The topological polar surface area (TPSA) is 38.9 Å². The van der Waals surface area contributed by atoms with Gasteiger partial charge in [0, 0.05) is 10.8 Å². The molecule has 0 radical (unpaired) electrons. The Kier molecular flexibility index (Phi) is 1.83. The van der Waals surface area contributed by atoms with Gasteiger partial charge in [0.05, 0.1) is 16.7 Å². The number of nitrogen functional groups attached to an aromatic ring is 1. The molecule has 1 heterocycles. The van der Waals surface area contributed by atoms with E-state index in [0.29, 0.717) is 0 Å². The minimum Gasteiger partial charge on any atom is -0.398 e. The highest BCUT2D eigenvalue weighted by Crippen LogP contribution is 2.29. The lowest BCUT2D eigenvalue weighted by Gasteiger charge is -2.07. The normalized spacial score (nSPS) is 11.1. The van der Waals surface area contributed by atoms with Crippen molar-refractivity contribution in [3.8, 4) is 0 Å². The van der Waals surface area contributed by atoms with E-state index in [-0.39, 0.29) is 0 Å². The van der Waals surface area contributed by atoms with E-state index in [2.05, 4.69) is 18.0 Å². The Morgan fingerprint density at radius 2 is 1.69 bits per heavy atom. The molecule has 2 aromatic carbocycles. The molecule has 1 aromatic heterocycles. The van der Waals surface area contributed by atoms with Gasteiger partial charge in [0.2, 0.25) is 0 Å². The van der Waals surface area contributed by atoms with Crippen LogP contribution in [-0.4, -0.2) is 4.98 Å². The zero-order chi connectivity index (χ0) is 11.1. The van der Waals surface area contributed by atoms with Crippen LogP contribution in [0, 0.1) is 6.92 Å². The summed E-state index contributed by atoms with van der Waals surface area (Å²) in [6.45, 7) is 2.06. The number of anilines is 1. The van der Waals surface area contributed by atoms with Gasteiger partial charge in [-0.3, -0.25) is 0 Å². The summed E-state index contributed by atoms with van der Waals surface area (Å²) in [6, 6.07) is 14.1. The van der Waals surface area contributed by atoms with Crippen molar-refractivity contribution in [2.45, 2.75) is 6.92 Å². The average Bonchev–Trinajstić information content (AvgIpc) is 2.31. The summed E-state index contributed by atoms with van der Waals surface area (Å²) < 4.78 is 0. The fraction of sp³-hybridized carbons (Fsp3) is 0.0714. The summed E-state index contributed by atoms with van der Waals surface area (Å²) in [5.41, 5.74) is 10.1. The molecule has 3 aromatic rings. The Morgan fingerprint density at radius 1 is 0.938 bits per heavy atom. The Labute approximate surface area is 93.7 Å². The van der Waals surface area contributed by atoms with Crippen LogP contribution in [-0.2, 0) is 0 Å². The summed E-state index contributed by atoms with van der Waals surface area (Å²) in [6.07, 6.45) is 0. The second-order valence-electron chi connectivity index (χ2n) is 4.01. The summed E-state index contributed by atoms with van der Waals surface area (Å²) in [4.78, 5) is 4.66. The maximum absolute atomic E-state index is 6.18. The van der Waals surface area contributed by atoms with Crippen LogP contribution >= 0.6 is 0 Å². The van der Waals surface area contributed by atoms with Gasteiger partial charge in [-0.05, 0) is 18.6 Å². The molecule has 16 heavy (non-hydrogen) atoms. The largest absolute Gasteiger partial charge is 0.398 e. The van der Waals surface area contributed by atoms with Gasteiger partial charge in [-0.1, -0.05) is 36.4 Å².